The molecular weight excluding hydrogens is 280 g/mol. The number of benzene rings is 2. The Labute approximate surface area is 129 Å². The fraction of sp³-hybridized carbons (Fsp3) is 0.176. The van der Waals surface area contributed by atoms with Gasteiger partial charge in [-0.3, -0.25) is 4.79 Å². The molecule has 1 N–H and O–H groups in total. The number of rotatable bonds is 6. The summed E-state index contributed by atoms with van der Waals surface area (Å²) in [5.74, 6) is 1.37. The summed E-state index contributed by atoms with van der Waals surface area (Å²) in [6.45, 7) is 0. The second-order valence-electron chi connectivity index (χ2n) is 4.59. The lowest BCUT2D eigenvalue weighted by Crippen LogP contribution is -2.19. The molecule has 0 spiro atoms. The minimum absolute atomic E-state index is 0.171. The Morgan fingerprint density at radius 3 is 2.09 bits per heavy atom. The average molecular weight is 298 g/mol. The van der Waals surface area contributed by atoms with Gasteiger partial charge in [0.2, 0.25) is 5.91 Å². The number of carbonyl (C=O) groups excluding carboxylic acids is 1. The number of ether oxygens (including phenoxy) is 2. The summed E-state index contributed by atoms with van der Waals surface area (Å²) < 4.78 is 10.1. The maximum atomic E-state index is 11.8. The number of nitrogens with zero attached hydrogens (tertiary/aromatic N) is 1. The van der Waals surface area contributed by atoms with Crippen molar-refractivity contribution in [3.63, 3.8) is 0 Å². The van der Waals surface area contributed by atoms with Gasteiger partial charge in [-0.15, -0.1) is 0 Å². The van der Waals surface area contributed by atoms with Gasteiger partial charge in [0.25, 0.3) is 0 Å². The minimum atomic E-state index is -0.171. The van der Waals surface area contributed by atoms with Gasteiger partial charge >= 0.3 is 0 Å². The molecule has 2 aromatic carbocycles. The standard InChI is InChI=1S/C17H18N2O3/c1-21-15-7-3-13(4-8-15)11-17(20)19-18-12-14-5-9-16(22-2)10-6-14/h3-10,12H,11H2,1-2H3,(H,19,20)/b18-12-. The molecule has 2 rings (SSSR count). The number of hydrazone groups is 1. The molecule has 114 valence electrons. The van der Waals surface area contributed by atoms with Gasteiger partial charge in [0.1, 0.15) is 11.5 Å². The molecule has 5 heteroatoms. The van der Waals surface area contributed by atoms with Crippen molar-refractivity contribution in [3.05, 3.63) is 59.7 Å². The van der Waals surface area contributed by atoms with Gasteiger partial charge < -0.3 is 9.47 Å². The van der Waals surface area contributed by atoms with E-state index in [-0.39, 0.29) is 12.3 Å². The quantitative estimate of drug-likeness (QED) is 0.658. The lowest BCUT2D eigenvalue weighted by Gasteiger charge is -2.03. The van der Waals surface area contributed by atoms with E-state index in [4.69, 9.17) is 9.47 Å². The van der Waals surface area contributed by atoms with Gasteiger partial charge in [0, 0.05) is 0 Å². The lowest BCUT2D eigenvalue weighted by molar-refractivity contribution is -0.120. The molecule has 0 unspecified atom stereocenters. The van der Waals surface area contributed by atoms with E-state index in [2.05, 4.69) is 10.5 Å². The summed E-state index contributed by atoms with van der Waals surface area (Å²) >= 11 is 0. The van der Waals surface area contributed by atoms with Crippen LogP contribution in [0.15, 0.2) is 53.6 Å². The fourth-order valence-electron chi connectivity index (χ4n) is 1.84. The number of carbonyl (C=O) groups is 1. The van der Waals surface area contributed by atoms with E-state index in [0.717, 1.165) is 22.6 Å². The van der Waals surface area contributed by atoms with Crippen molar-refractivity contribution in [1.29, 1.82) is 0 Å². The van der Waals surface area contributed by atoms with Crippen LogP contribution in [0.4, 0.5) is 0 Å². The first-order valence-electron chi connectivity index (χ1n) is 6.80. The molecule has 0 saturated carbocycles. The zero-order valence-electron chi connectivity index (χ0n) is 12.6. The molecule has 22 heavy (non-hydrogen) atoms. The number of nitrogens with one attached hydrogen (secondary N) is 1. The van der Waals surface area contributed by atoms with Crippen LogP contribution in [0.25, 0.3) is 0 Å². The van der Waals surface area contributed by atoms with E-state index >= 15 is 0 Å². The Morgan fingerprint density at radius 2 is 1.55 bits per heavy atom. The highest BCUT2D eigenvalue weighted by Gasteiger charge is 2.02. The molecule has 1 amide bonds. The summed E-state index contributed by atoms with van der Waals surface area (Å²) in [6, 6.07) is 14.7. The number of amides is 1. The Balaban J connectivity index is 1.84. The van der Waals surface area contributed by atoms with Crippen molar-refractivity contribution < 1.29 is 14.3 Å². The molecule has 0 aliphatic heterocycles. The van der Waals surface area contributed by atoms with Crippen molar-refractivity contribution in [3.8, 4) is 11.5 Å². The van der Waals surface area contributed by atoms with E-state index in [1.807, 2.05) is 48.5 Å². The SMILES string of the molecule is COc1ccc(/C=N\NC(=O)Cc2ccc(OC)cc2)cc1. The predicted octanol–water partition coefficient (Wildman–Crippen LogP) is 2.40. The van der Waals surface area contributed by atoms with E-state index in [1.54, 1.807) is 20.4 Å². The molecule has 0 aromatic heterocycles. The van der Waals surface area contributed by atoms with Crippen LogP contribution in [0, 0.1) is 0 Å². The lowest BCUT2D eigenvalue weighted by atomic mass is 10.1. The molecular formula is C17H18N2O3. The zero-order chi connectivity index (χ0) is 15.8. The average Bonchev–Trinajstić information content (AvgIpc) is 2.56. The third-order valence-corrected chi connectivity index (χ3v) is 3.04. The second-order valence-corrected chi connectivity index (χ2v) is 4.59. The van der Waals surface area contributed by atoms with Crippen LogP contribution >= 0.6 is 0 Å². The molecule has 0 saturated heterocycles. The van der Waals surface area contributed by atoms with Crippen LogP contribution in [0.2, 0.25) is 0 Å². The van der Waals surface area contributed by atoms with Gasteiger partial charge in [-0.1, -0.05) is 12.1 Å². The van der Waals surface area contributed by atoms with Crippen molar-refractivity contribution in [2.75, 3.05) is 14.2 Å². The summed E-state index contributed by atoms with van der Waals surface area (Å²) in [6.07, 6.45) is 1.86. The van der Waals surface area contributed by atoms with E-state index in [0.29, 0.717) is 0 Å². The summed E-state index contributed by atoms with van der Waals surface area (Å²) in [5.41, 5.74) is 4.29. The summed E-state index contributed by atoms with van der Waals surface area (Å²) in [5, 5.41) is 3.94. The largest absolute Gasteiger partial charge is 0.497 e. The van der Waals surface area contributed by atoms with Crippen LogP contribution in [0.3, 0.4) is 0 Å². The molecule has 0 aliphatic rings. The first-order valence-corrected chi connectivity index (χ1v) is 6.80. The molecule has 5 nitrogen and oxygen atoms in total. The van der Waals surface area contributed by atoms with Crippen LogP contribution in [0.1, 0.15) is 11.1 Å². The van der Waals surface area contributed by atoms with Crippen LogP contribution in [-0.2, 0) is 11.2 Å². The van der Waals surface area contributed by atoms with Crippen molar-refractivity contribution in [2.24, 2.45) is 5.10 Å². The fourth-order valence-corrected chi connectivity index (χ4v) is 1.84. The summed E-state index contributed by atoms with van der Waals surface area (Å²) in [7, 11) is 3.22. The van der Waals surface area contributed by atoms with E-state index in [1.165, 1.54) is 0 Å². The number of hydrogen-bond acceptors (Lipinski definition) is 4. The highest BCUT2D eigenvalue weighted by atomic mass is 16.5. The molecule has 0 atom stereocenters. The van der Waals surface area contributed by atoms with E-state index < -0.39 is 0 Å². The third kappa shape index (κ3) is 4.63. The van der Waals surface area contributed by atoms with Crippen molar-refractivity contribution in [2.45, 2.75) is 6.42 Å². The topological polar surface area (TPSA) is 59.9 Å². The molecule has 0 radical (unpaired) electrons. The highest BCUT2D eigenvalue weighted by molar-refractivity contribution is 5.83. The predicted molar refractivity (Wildman–Crippen MR) is 85.4 cm³/mol. The van der Waals surface area contributed by atoms with Gasteiger partial charge in [0.15, 0.2) is 0 Å². The monoisotopic (exact) mass is 298 g/mol. The Kier molecular flexibility index (Phi) is 5.54. The molecule has 2 aromatic rings. The second kappa shape index (κ2) is 7.83. The minimum Gasteiger partial charge on any atom is -0.497 e. The van der Waals surface area contributed by atoms with E-state index in [9.17, 15) is 4.79 Å². The summed E-state index contributed by atoms with van der Waals surface area (Å²) in [4.78, 5) is 11.8. The van der Waals surface area contributed by atoms with Crippen molar-refractivity contribution >= 4 is 12.1 Å². The zero-order valence-corrected chi connectivity index (χ0v) is 12.6. The van der Waals surface area contributed by atoms with Crippen LogP contribution < -0.4 is 14.9 Å². The highest BCUT2D eigenvalue weighted by Crippen LogP contribution is 2.11. The Morgan fingerprint density at radius 1 is 1.00 bits per heavy atom. The van der Waals surface area contributed by atoms with Crippen LogP contribution in [-0.4, -0.2) is 26.3 Å². The first kappa shape index (κ1) is 15.6. The van der Waals surface area contributed by atoms with Crippen molar-refractivity contribution in [1.82, 2.24) is 5.43 Å². The molecule has 0 heterocycles. The van der Waals surface area contributed by atoms with Gasteiger partial charge in [-0.25, -0.2) is 5.43 Å². The maximum absolute atomic E-state index is 11.8. The third-order valence-electron chi connectivity index (χ3n) is 3.04. The van der Waals surface area contributed by atoms with Gasteiger partial charge in [-0.05, 0) is 47.5 Å². The molecule has 0 bridgehead atoms. The van der Waals surface area contributed by atoms with Gasteiger partial charge in [-0.2, -0.15) is 5.10 Å². The number of methoxy groups -OCH3 is 2. The van der Waals surface area contributed by atoms with Crippen LogP contribution in [0.5, 0.6) is 11.5 Å². The first-order chi connectivity index (χ1) is 10.7. The number of hydrogen-bond donors (Lipinski definition) is 1. The molecule has 0 aliphatic carbocycles. The Bertz CT molecular complexity index is 634. The normalized spacial score (nSPS) is 10.5. The molecule has 0 fully saturated rings. The van der Waals surface area contributed by atoms with Gasteiger partial charge in [0.05, 0.1) is 26.9 Å². The maximum Gasteiger partial charge on any atom is 0.244 e. The smallest absolute Gasteiger partial charge is 0.244 e. The Hall–Kier alpha value is -2.82.